The van der Waals surface area contributed by atoms with Gasteiger partial charge in [0, 0.05) is 23.7 Å². The third-order valence-corrected chi connectivity index (χ3v) is 3.98. The van der Waals surface area contributed by atoms with Gasteiger partial charge >= 0.3 is 0 Å². The molecule has 3 aromatic rings. The normalized spacial score (nSPS) is 9.72. The van der Waals surface area contributed by atoms with Gasteiger partial charge in [-0.3, -0.25) is 4.79 Å². The molecule has 1 amide bonds. The van der Waals surface area contributed by atoms with Gasteiger partial charge in [-0.25, -0.2) is 4.98 Å². The first-order valence-corrected chi connectivity index (χ1v) is 8.66. The second kappa shape index (κ2) is 9.56. The summed E-state index contributed by atoms with van der Waals surface area (Å²) >= 11 is 1.62. The number of rotatable bonds is 4. The summed E-state index contributed by atoms with van der Waals surface area (Å²) in [5, 5.41) is 17.6. The summed E-state index contributed by atoms with van der Waals surface area (Å²) in [5.41, 5.74) is 3.73. The van der Waals surface area contributed by atoms with Gasteiger partial charge in [-0.15, -0.1) is 11.3 Å². The quantitative estimate of drug-likeness (QED) is 0.651. The molecule has 2 aromatic carbocycles. The standard InChI is InChI=1S/C10H10N2S.C9H11NO2/c1-8-7-13-10(11-8)12-9-5-3-2-4-6-9;1-7(12)10-9-4-2-8(6-11)3-5-9/h2-7H,1H3,(H,11,12);2-5,11H,6H2,1H3,(H,10,12). The molecule has 0 bridgehead atoms. The minimum atomic E-state index is -0.0910. The van der Waals surface area contributed by atoms with Crippen LogP contribution in [-0.2, 0) is 11.4 Å². The van der Waals surface area contributed by atoms with Crippen molar-refractivity contribution in [1.29, 1.82) is 0 Å². The van der Waals surface area contributed by atoms with E-state index in [0.717, 1.165) is 27.8 Å². The molecule has 0 aliphatic rings. The van der Waals surface area contributed by atoms with Crippen LogP contribution in [0.2, 0.25) is 0 Å². The zero-order valence-electron chi connectivity index (χ0n) is 14.2. The zero-order chi connectivity index (χ0) is 18.1. The number of carbonyl (C=O) groups excluding carboxylic acids is 1. The molecule has 0 saturated carbocycles. The molecule has 130 valence electrons. The molecule has 0 unspecified atom stereocenters. The van der Waals surface area contributed by atoms with E-state index >= 15 is 0 Å². The summed E-state index contributed by atoms with van der Waals surface area (Å²) in [6.45, 7) is 3.48. The van der Waals surface area contributed by atoms with Crippen LogP contribution in [0.5, 0.6) is 0 Å². The minimum Gasteiger partial charge on any atom is -0.392 e. The molecule has 0 fully saturated rings. The van der Waals surface area contributed by atoms with Gasteiger partial charge in [0.1, 0.15) is 0 Å². The van der Waals surface area contributed by atoms with Crippen LogP contribution in [0.3, 0.4) is 0 Å². The van der Waals surface area contributed by atoms with Crippen LogP contribution in [0.25, 0.3) is 0 Å². The molecule has 5 nitrogen and oxygen atoms in total. The number of anilines is 3. The lowest BCUT2D eigenvalue weighted by atomic mass is 10.2. The molecule has 25 heavy (non-hydrogen) atoms. The van der Waals surface area contributed by atoms with Gasteiger partial charge in [0.25, 0.3) is 0 Å². The molecule has 0 spiro atoms. The van der Waals surface area contributed by atoms with Crippen molar-refractivity contribution < 1.29 is 9.90 Å². The molecule has 1 heterocycles. The number of carbonyl (C=O) groups is 1. The van der Waals surface area contributed by atoms with Crippen LogP contribution >= 0.6 is 11.3 Å². The molecule has 0 aliphatic heterocycles. The zero-order valence-corrected chi connectivity index (χ0v) is 15.0. The number of thiazole rings is 1. The lowest BCUT2D eigenvalue weighted by molar-refractivity contribution is -0.114. The first kappa shape index (κ1) is 18.6. The van der Waals surface area contributed by atoms with Gasteiger partial charge in [0.2, 0.25) is 5.91 Å². The fraction of sp³-hybridized carbons (Fsp3) is 0.158. The maximum Gasteiger partial charge on any atom is 0.221 e. The average molecular weight is 355 g/mol. The van der Waals surface area contributed by atoms with Gasteiger partial charge in [-0.05, 0) is 36.8 Å². The first-order valence-electron chi connectivity index (χ1n) is 7.78. The molecule has 3 N–H and O–H groups in total. The van der Waals surface area contributed by atoms with E-state index in [4.69, 9.17) is 5.11 Å². The summed E-state index contributed by atoms with van der Waals surface area (Å²) in [4.78, 5) is 14.9. The van der Waals surface area contributed by atoms with Crippen molar-refractivity contribution in [2.75, 3.05) is 10.6 Å². The summed E-state index contributed by atoms with van der Waals surface area (Å²) in [6, 6.07) is 17.1. The Morgan fingerprint density at radius 2 is 1.76 bits per heavy atom. The molecule has 0 radical (unpaired) electrons. The fourth-order valence-corrected chi connectivity index (χ4v) is 2.66. The third kappa shape index (κ3) is 6.74. The van der Waals surface area contributed by atoms with Gasteiger partial charge in [-0.1, -0.05) is 30.3 Å². The van der Waals surface area contributed by atoms with E-state index in [1.54, 1.807) is 35.6 Å². The first-order chi connectivity index (χ1) is 12.1. The van der Waals surface area contributed by atoms with Crippen LogP contribution in [0.15, 0.2) is 60.0 Å². The molecular formula is C19H21N3O2S. The molecule has 3 rings (SSSR count). The Labute approximate surface area is 151 Å². The van der Waals surface area contributed by atoms with Crippen LogP contribution in [-0.4, -0.2) is 16.0 Å². The van der Waals surface area contributed by atoms with Crippen molar-refractivity contribution in [3.05, 3.63) is 71.2 Å². The summed E-state index contributed by atoms with van der Waals surface area (Å²) in [6.07, 6.45) is 0. The molecular weight excluding hydrogens is 334 g/mol. The van der Waals surface area contributed by atoms with Crippen LogP contribution in [0.1, 0.15) is 18.2 Å². The van der Waals surface area contributed by atoms with Crippen LogP contribution in [0, 0.1) is 6.92 Å². The summed E-state index contributed by atoms with van der Waals surface area (Å²) in [5.74, 6) is -0.0910. The average Bonchev–Trinajstić information content (AvgIpc) is 3.01. The van der Waals surface area contributed by atoms with E-state index in [-0.39, 0.29) is 12.5 Å². The molecule has 1 aromatic heterocycles. The minimum absolute atomic E-state index is 0.0281. The number of para-hydroxylation sites is 1. The highest BCUT2D eigenvalue weighted by Gasteiger charge is 1.97. The molecule has 6 heteroatoms. The van der Waals surface area contributed by atoms with Gasteiger partial charge < -0.3 is 15.7 Å². The Morgan fingerprint density at radius 1 is 1.08 bits per heavy atom. The number of amides is 1. The second-order valence-electron chi connectivity index (χ2n) is 5.32. The Bertz CT molecular complexity index is 786. The van der Waals surface area contributed by atoms with E-state index in [2.05, 4.69) is 15.6 Å². The maximum absolute atomic E-state index is 10.6. The monoisotopic (exact) mass is 355 g/mol. The number of aryl methyl sites for hydroxylation is 1. The Morgan fingerprint density at radius 3 is 2.28 bits per heavy atom. The smallest absolute Gasteiger partial charge is 0.221 e. The van der Waals surface area contributed by atoms with Crippen LogP contribution < -0.4 is 10.6 Å². The summed E-state index contributed by atoms with van der Waals surface area (Å²) < 4.78 is 0. The second-order valence-corrected chi connectivity index (χ2v) is 6.18. The number of benzene rings is 2. The number of nitrogens with zero attached hydrogens (tertiary/aromatic N) is 1. The topological polar surface area (TPSA) is 74.2 Å². The fourth-order valence-electron chi connectivity index (χ4n) is 1.95. The van der Waals surface area contributed by atoms with Crippen molar-refractivity contribution in [2.24, 2.45) is 0 Å². The van der Waals surface area contributed by atoms with Gasteiger partial charge in [0.05, 0.1) is 12.3 Å². The van der Waals surface area contributed by atoms with Crippen LogP contribution in [0.4, 0.5) is 16.5 Å². The lowest BCUT2D eigenvalue weighted by Crippen LogP contribution is -2.05. The van der Waals surface area contributed by atoms with Crippen molar-refractivity contribution in [2.45, 2.75) is 20.5 Å². The number of hydrogen-bond donors (Lipinski definition) is 3. The van der Waals surface area contributed by atoms with Crippen molar-refractivity contribution in [3.63, 3.8) is 0 Å². The number of hydrogen-bond acceptors (Lipinski definition) is 5. The highest BCUT2D eigenvalue weighted by molar-refractivity contribution is 7.13. The SMILES string of the molecule is CC(=O)Nc1ccc(CO)cc1.Cc1csc(Nc2ccccc2)n1. The van der Waals surface area contributed by atoms with E-state index in [1.807, 2.05) is 42.6 Å². The number of aliphatic hydroxyl groups is 1. The number of nitrogens with one attached hydrogen (secondary N) is 2. The maximum atomic E-state index is 10.6. The Balaban J connectivity index is 0.000000181. The lowest BCUT2D eigenvalue weighted by Gasteiger charge is -2.01. The third-order valence-electron chi connectivity index (χ3n) is 3.10. The number of aromatic nitrogens is 1. The largest absolute Gasteiger partial charge is 0.392 e. The van der Waals surface area contributed by atoms with E-state index in [9.17, 15) is 4.79 Å². The summed E-state index contributed by atoms with van der Waals surface area (Å²) in [7, 11) is 0. The molecule has 0 aliphatic carbocycles. The van der Waals surface area contributed by atoms with E-state index in [1.165, 1.54) is 6.92 Å². The Kier molecular flexibility index (Phi) is 7.13. The highest BCUT2D eigenvalue weighted by atomic mass is 32.1. The van der Waals surface area contributed by atoms with Crippen molar-refractivity contribution >= 4 is 33.8 Å². The van der Waals surface area contributed by atoms with Crippen molar-refractivity contribution in [1.82, 2.24) is 4.98 Å². The van der Waals surface area contributed by atoms with Crippen molar-refractivity contribution in [3.8, 4) is 0 Å². The highest BCUT2D eigenvalue weighted by Crippen LogP contribution is 2.19. The van der Waals surface area contributed by atoms with E-state index < -0.39 is 0 Å². The predicted octanol–water partition coefficient (Wildman–Crippen LogP) is 4.33. The van der Waals surface area contributed by atoms with Gasteiger partial charge in [0.15, 0.2) is 5.13 Å². The number of aliphatic hydroxyl groups excluding tert-OH is 1. The Hall–Kier alpha value is -2.70. The van der Waals surface area contributed by atoms with E-state index in [0.29, 0.717) is 0 Å². The van der Waals surface area contributed by atoms with Gasteiger partial charge in [-0.2, -0.15) is 0 Å². The predicted molar refractivity (Wildman–Crippen MR) is 103 cm³/mol. The molecule has 0 saturated heterocycles. The molecule has 0 atom stereocenters.